The maximum atomic E-state index is 8.00. The highest BCUT2D eigenvalue weighted by Gasteiger charge is 2.31. The van der Waals surface area contributed by atoms with Gasteiger partial charge in [-0.1, -0.05) is 97.4 Å². The third-order valence-corrected chi connectivity index (χ3v) is 6.99. The molecule has 0 amide bonds. The second-order valence-corrected chi connectivity index (χ2v) is 11.3. The van der Waals surface area contributed by atoms with Gasteiger partial charge in [0, 0.05) is 53.3 Å². The summed E-state index contributed by atoms with van der Waals surface area (Å²) in [5.74, 6) is 2.82. The Morgan fingerprint density at radius 2 is 1.62 bits per heavy atom. The summed E-state index contributed by atoms with van der Waals surface area (Å²) >= 11 is 0. The first kappa shape index (κ1) is 39.9. The predicted octanol–water partition coefficient (Wildman–Crippen LogP) is 9.50. The zero-order valence-corrected chi connectivity index (χ0v) is 29.8. The van der Waals surface area contributed by atoms with Crippen LogP contribution in [-0.2, 0) is 10.2 Å². The smallest absolute Gasteiger partial charge is 0.222 e. The van der Waals surface area contributed by atoms with Crippen LogP contribution in [0.5, 0.6) is 5.88 Å². The Kier molecular flexibility index (Phi) is 17.1. The van der Waals surface area contributed by atoms with Crippen molar-refractivity contribution in [2.24, 2.45) is 11.8 Å². The molecule has 0 fully saturated rings. The lowest BCUT2D eigenvalue weighted by atomic mass is 9.81. The number of carbonyl (C=O) groups is 1. The van der Waals surface area contributed by atoms with Crippen molar-refractivity contribution in [2.75, 3.05) is 17.7 Å². The Hall–Kier alpha value is -5.09. The van der Waals surface area contributed by atoms with Crippen LogP contribution < -0.4 is 20.7 Å². The van der Waals surface area contributed by atoms with E-state index in [-0.39, 0.29) is 17.3 Å². The molecule has 3 N–H and O–H groups in total. The maximum absolute atomic E-state index is 8.00. The lowest BCUT2D eigenvalue weighted by molar-refractivity contribution is -0.0980. The fourth-order valence-electron chi connectivity index (χ4n) is 4.81. The number of allylic oxidation sites excluding steroid dienone is 7. The predicted molar refractivity (Wildman–Crippen MR) is 200 cm³/mol. The number of benzene rings is 1. The molecule has 1 aromatic heterocycles. The number of nitrogens with one attached hydrogen (secondary N) is 3. The number of ether oxygens (including phenoxy) is 1. The van der Waals surface area contributed by atoms with Crippen molar-refractivity contribution >= 4 is 24.2 Å². The van der Waals surface area contributed by atoms with Gasteiger partial charge in [0.25, 0.3) is 0 Å². The van der Waals surface area contributed by atoms with Gasteiger partial charge in [0.1, 0.15) is 18.4 Å². The number of nitrogens with zero attached hydrogens (tertiary/aromatic N) is 2. The van der Waals surface area contributed by atoms with Gasteiger partial charge in [-0.2, -0.15) is 4.98 Å². The van der Waals surface area contributed by atoms with Crippen LogP contribution in [0.3, 0.4) is 0 Å². The first-order chi connectivity index (χ1) is 22.5. The van der Waals surface area contributed by atoms with Crippen molar-refractivity contribution in [3.8, 4) is 5.88 Å². The number of aromatic nitrogens is 2. The first-order valence-corrected chi connectivity index (χ1v) is 15.9. The fraction of sp³-hybridized carbons (Fsp3) is 0.325. The van der Waals surface area contributed by atoms with E-state index in [0.717, 1.165) is 40.5 Å². The van der Waals surface area contributed by atoms with E-state index in [1.807, 2.05) is 78.0 Å². The summed E-state index contributed by atoms with van der Waals surface area (Å²) in [4.78, 5) is 16.8. The summed E-state index contributed by atoms with van der Waals surface area (Å²) in [5, 5.41) is 10.3. The zero-order chi connectivity index (χ0) is 35.6. The molecule has 0 radical (unpaired) electrons. The van der Waals surface area contributed by atoms with Crippen molar-refractivity contribution < 1.29 is 9.53 Å². The number of rotatable bonds is 9. The highest BCUT2D eigenvalue weighted by atomic mass is 16.5. The average Bonchev–Trinajstić information content (AvgIpc) is 3.06. The minimum atomic E-state index is -0.0203. The molecular formula is C40H53N5O2. The van der Waals surface area contributed by atoms with Crippen molar-refractivity contribution in [2.45, 2.75) is 67.2 Å². The molecule has 250 valence electrons. The lowest BCUT2D eigenvalue weighted by Gasteiger charge is -2.32. The van der Waals surface area contributed by atoms with Crippen LogP contribution in [0.1, 0.15) is 70.6 Å². The first-order valence-electron chi connectivity index (χ1n) is 15.9. The van der Waals surface area contributed by atoms with Crippen LogP contribution in [0, 0.1) is 25.7 Å². The van der Waals surface area contributed by atoms with Crippen LogP contribution in [-0.4, -0.2) is 23.8 Å². The molecule has 7 heteroatoms. The number of hydrogen-bond acceptors (Lipinski definition) is 7. The molecule has 2 aromatic rings. The second kappa shape index (κ2) is 20.1. The molecular weight excluding hydrogens is 582 g/mol. The SMILES string of the molecule is C=C=C(NC1=CC=C(Oc2cc(C)nc(C)n2)C2C=CC=CC12)Nc1cc(C(C)(C)C)cc(NC)c1C=C.C=C=CCC.C=O.CC. The third kappa shape index (κ3) is 11.7. The van der Waals surface area contributed by atoms with E-state index in [2.05, 4.69) is 115 Å². The summed E-state index contributed by atoms with van der Waals surface area (Å²) < 4.78 is 6.25. The monoisotopic (exact) mass is 635 g/mol. The van der Waals surface area contributed by atoms with Crippen LogP contribution in [0.15, 0.2) is 109 Å². The molecule has 1 aromatic carbocycles. The van der Waals surface area contributed by atoms with E-state index in [4.69, 9.17) is 9.53 Å². The number of aryl methyl sites for hydroxylation is 2. The summed E-state index contributed by atoms with van der Waals surface area (Å²) in [5.41, 5.74) is 11.7. The highest BCUT2D eigenvalue weighted by Crippen LogP contribution is 2.37. The minimum absolute atomic E-state index is 0.0203. The van der Waals surface area contributed by atoms with Gasteiger partial charge >= 0.3 is 0 Å². The van der Waals surface area contributed by atoms with Gasteiger partial charge < -0.3 is 25.5 Å². The number of hydrogen-bond donors (Lipinski definition) is 3. The molecule has 4 rings (SSSR count). The highest BCUT2D eigenvalue weighted by molar-refractivity contribution is 5.79. The van der Waals surface area contributed by atoms with E-state index in [1.54, 1.807) is 0 Å². The number of carbonyl (C=O) groups excluding carboxylic acids is 1. The van der Waals surface area contributed by atoms with Gasteiger partial charge in [0.2, 0.25) is 5.88 Å². The van der Waals surface area contributed by atoms with Gasteiger partial charge in [0.05, 0.1) is 0 Å². The Balaban J connectivity index is 0.00000110. The minimum Gasteiger partial charge on any atom is -0.443 e. The van der Waals surface area contributed by atoms with Crippen molar-refractivity contribution in [1.82, 2.24) is 15.3 Å². The summed E-state index contributed by atoms with van der Waals surface area (Å²) in [6.45, 7) is 29.8. The Morgan fingerprint density at radius 1 is 0.979 bits per heavy atom. The maximum Gasteiger partial charge on any atom is 0.222 e. The largest absolute Gasteiger partial charge is 0.443 e. The number of anilines is 2. The van der Waals surface area contributed by atoms with E-state index in [1.165, 1.54) is 5.56 Å². The molecule has 0 spiro atoms. The van der Waals surface area contributed by atoms with Gasteiger partial charge in [-0.15, -0.1) is 5.73 Å². The van der Waals surface area contributed by atoms with Crippen LogP contribution in [0.25, 0.3) is 6.08 Å². The molecule has 2 unspecified atom stereocenters. The molecule has 47 heavy (non-hydrogen) atoms. The van der Waals surface area contributed by atoms with Crippen molar-refractivity contribution in [3.63, 3.8) is 0 Å². The molecule has 7 nitrogen and oxygen atoms in total. The summed E-state index contributed by atoms with van der Waals surface area (Å²) in [6.07, 6.45) is 17.3. The fourth-order valence-corrected chi connectivity index (χ4v) is 4.81. The summed E-state index contributed by atoms with van der Waals surface area (Å²) in [7, 11) is 1.92. The van der Waals surface area contributed by atoms with Crippen molar-refractivity contribution in [3.05, 3.63) is 132 Å². The standard InChI is InChI=1S/C32H37N5O.C5H8.C2H6.CH2O/c1-9-23-27(33-8)18-22(32(5,6)7)19-28(23)37-30(10-2)36-26-15-16-29(25-14-12-11-13-24(25)26)38-31-17-20(3)34-21(4)35-31;1-3-5-4-2;2*1-2/h9,11-19,24-25,33,36-37H,1-2H2,3-8H3;5H,1,4H2,2H3;1-2H3;1H2. The van der Waals surface area contributed by atoms with E-state index >= 15 is 0 Å². The van der Waals surface area contributed by atoms with Crippen LogP contribution >= 0.6 is 0 Å². The zero-order valence-electron chi connectivity index (χ0n) is 29.8. The molecule has 1 heterocycles. The Labute approximate surface area is 283 Å². The molecule has 2 atom stereocenters. The van der Waals surface area contributed by atoms with Crippen LogP contribution in [0.2, 0.25) is 0 Å². The molecule has 0 bridgehead atoms. The van der Waals surface area contributed by atoms with Gasteiger partial charge in [0.15, 0.2) is 5.82 Å². The number of fused-ring (bicyclic) bond motifs is 1. The van der Waals surface area contributed by atoms with Gasteiger partial charge in [-0.05, 0) is 61.6 Å². The van der Waals surface area contributed by atoms with E-state index in [0.29, 0.717) is 17.5 Å². The van der Waals surface area contributed by atoms with Crippen molar-refractivity contribution in [1.29, 1.82) is 0 Å². The quantitative estimate of drug-likeness (QED) is 0.237. The second-order valence-electron chi connectivity index (χ2n) is 11.3. The molecule has 2 aliphatic carbocycles. The van der Waals surface area contributed by atoms with Crippen LogP contribution in [0.4, 0.5) is 11.4 Å². The summed E-state index contributed by atoms with van der Waals surface area (Å²) in [6, 6.07) is 6.19. The normalized spacial score (nSPS) is 15.3. The average molecular weight is 636 g/mol. The molecule has 0 saturated heterocycles. The molecule has 0 aliphatic heterocycles. The Bertz CT molecular complexity index is 1560. The van der Waals surface area contributed by atoms with E-state index in [9.17, 15) is 0 Å². The molecule has 2 aliphatic rings. The molecule has 0 saturated carbocycles. The topological polar surface area (TPSA) is 88.2 Å². The Morgan fingerprint density at radius 3 is 2.13 bits per heavy atom. The van der Waals surface area contributed by atoms with Gasteiger partial charge in [-0.3, -0.25) is 0 Å². The van der Waals surface area contributed by atoms with E-state index < -0.39 is 0 Å². The lowest BCUT2D eigenvalue weighted by Crippen LogP contribution is -2.31. The third-order valence-electron chi connectivity index (χ3n) is 6.99. The van der Waals surface area contributed by atoms with Gasteiger partial charge in [-0.25, -0.2) is 4.98 Å².